The Balaban J connectivity index is 1.40. The molecule has 2 atom stereocenters. The Hall–Kier alpha value is -3.13. The van der Waals surface area contributed by atoms with Gasteiger partial charge in [-0.15, -0.1) is 0 Å². The van der Waals surface area contributed by atoms with Gasteiger partial charge in [-0.2, -0.15) is 5.10 Å². The van der Waals surface area contributed by atoms with Gasteiger partial charge in [-0.25, -0.2) is 9.91 Å². The van der Waals surface area contributed by atoms with Gasteiger partial charge in [0.05, 0.1) is 17.4 Å². The highest BCUT2D eigenvalue weighted by atomic mass is 35.5. The summed E-state index contributed by atoms with van der Waals surface area (Å²) in [6, 6.07) is 22.0. The fraction of sp³-hybridized carbons (Fsp3) is 0.185. The summed E-state index contributed by atoms with van der Waals surface area (Å²) in [6.45, 7) is 2.03. The van der Waals surface area contributed by atoms with Crippen molar-refractivity contribution in [3.63, 3.8) is 0 Å². The smallest absolute Gasteiger partial charge is 0.247 e. The van der Waals surface area contributed by atoms with E-state index in [0.29, 0.717) is 22.2 Å². The average Bonchev–Trinajstić information content (AvgIpc) is 3.41. The number of halogens is 2. The quantitative estimate of drug-likeness (QED) is 0.236. The average molecular weight is 537 g/mol. The number of rotatable bonds is 4. The number of carbonyl (C=O) groups is 2. The van der Waals surface area contributed by atoms with Crippen LogP contribution in [0.15, 0.2) is 77.9 Å². The van der Waals surface area contributed by atoms with Crippen LogP contribution < -0.4 is 4.90 Å². The SMILES string of the molecule is Cc1ccc(C2=NN(C(=N)S[C@@H]3CC(=O)N(c4cccc(Cl)c4)C3=O)[C@H](c3ccc(Cl)cc3)C2)cc1. The first-order valence-electron chi connectivity index (χ1n) is 11.4. The van der Waals surface area contributed by atoms with Gasteiger partial charge in [0.25, 0.3) is 0 Å². The fourth-order valence-corrected chi connectivity index (χ4v) is 5.62. The molecule has 5 rings (SSSR count). The Labute approximate surface area is 223 Å². The van der Waals surface area contributed by atoms with Crippen LogP contribution in [-0.2, 0) is 9.59 Å². The lowest BCUT2D eigenvalue weighted by Gasteiger charge is -2.24. The van der Waals surface area contributed by atoms with E-state index in [1.807, 2.05) is 55.5 Å². The number of nitrogens with zero attached hydrogens (tertiary/aromatic N) is 3. The zero-order valence-electron chi connectivity index (χ0n) is 19.3. The Morgan fingerprint density at radius 3 is 2.39 bits per heavy atom. The minimum Gasteiger partial charge on any atom is -0.277 e. The first-order valence-corrected chi connectivity index (χ1v) is 13.0. The number of imide groups is 1. The number of hydrazone groups is 1. The number of thioether (sulfide) groups is 1. The molecule has 1 N–H and O–H groups in total. The number of hydrogen-bond acceptors (Lipinski definition) is 5. The van der Waals surface area contributed by atoms with E-state index in [1.54, 1.807) is 29.3 Å². The van der Waals surface area contributed by atoms with E-state index in [9.17, 15) is 9.59 Å². The van der Waals surface area contributed by atoms with Crippen molar-refractivity contribution in [2.75, 3.05) is 4.90 Å². The number of carbonyl (C=O) groups excluding carboxylic acids is 2. The van der Waals surface area contributed by atoms with Crippen molar-refractivity contribution < 1.29 is 9.59 Å². The molecule has 0 aromatic heterocycles. The van der Waals surface area contributed by atoms with Crippen molar-refractivity contribution >= 4 is 63.3 Å². The molecule has 2 aliphatic heterocycles. The lowest BCUT2D eigenvalue weighted by atomic mass is 9.98. The van der Waals surface area contributed by atoms with Crippen molar-refractivity contribution in [3.05, 3.63) is 99.5 Å². The van der Waals surface area contributed by atoms with Gasteiger partial charge in [0, 0.05) is 22.9 Å². The fourth-order valence-electron chi connectivity index (χ4n) is 4.33. The summed E-state index contributed by atoms with van der Waals surface area (Å²) in [5, 5.41) is 15.8. The van der Waals surface area contributed by atoms with Gasteiger partial charge >= 0.3 is 0 Å². The highest BCUT2D eigenvalue weighted by Gasteiger charge is 2.42. The second-order valence-electron chi connectivity index (χ2n) is 8.69. The van der Waals surface area contributed by atoms with Crippen LogP contribution in [0.1, 0.15) is 35.6 Å². The van der Waals surface area contributed by atoms with Crippen molar-refractivity contribution in [1.29, 1.82) is 5.41 Å². The number of amidine groups is 1. The number of aryl methyl sites for hydroxylation is 1. The largest absolute Gasteiger partial charge is 0.277 e. The molecule has 0 saturated carbocycles. The van der Waals surface area contributed by atoms with E-state index in [2.05, 4.69) is 0 Å². The molecule has 1 fully saturated rings. The standard InChI is InChI=1S/C27H22Cl2N4O2S/c1-16-5-7-17(8-6-16)22-14-23(18-9-11-19(28)12-10-18)33(31-22)27(30)36-24-15-25(34)32(26(24)35)21-4-2-3-20(29)13-21/h2-13,23-24,30H,14-15H2,1H3/t23-,24+/m0/s1. The first-order chi connectivity index (χ1) is 17.3. The van der Waals surface area contributed by atoms with Crippen molar-refractivity contribution in [1.82, 2.24) is 5.01 Å². The molecule has 3 aromatic carbocycles. The number of amides is 2. The Bertz CT molecular complexity index is 1380. The summed E-state index contributed by atoms with van der Waals surface area (Å²) in [4.78, 5) is 27.0. The lowest BCUT2D eigenvalue weighted by molar-refractivity contribution is -0.121. The second-order valence-corrected chi connectivity index (χ2v) is 10.8. The third-order valence-corrected chi connectivity index (χ3v) is 7.73. The number of nitrogens with one attached hydrogen (secondary N) is 1. The van der Waals surface area contributed by atoms with Crippen LogP contribution >= 0.6 is 35.0 Å². The zero-order valence-corrected chi connectivity index (χ0v) is 21.6. The first kappa shape index (κ1) is 24.6. The molecule has 2 amide bonds. The van der Waals surface area contributed by atoms with Crippen LogP contribution in [0.3, 0.4) is 0 Å². The number of hydrogen-bond donors (Lipinski definition) is 1. The van der Waals surface area contributed by atoms with Gasteiger partial charge in [0.1, 0.15) is 5.25 Å². The highest BCUT2D eigenvalue weighted by molar-refractivity contribution is 8.14. The maximum absolute atomic E-state index is 13.2. The van der Waals surface area contributed by atoms with Gasteiger partial charge in [-0.1, -0.05) is 83.0 Å². The predicted molar refractivity (Wildman–Crippen MR) is 146 cm³/mol. The number of anilines is 1. The van der Waals surface area contributed by atoms with Crippen molar-refractivity contribution in [3.8, 4) is 0 Å². The summed E-state index contributed by atoms with van der Waals surface area (Å²) in [5.41, 5.74) is 4.39. The highest BCUT2D eigenvalue weighted by Crippen LogP contribution is 2.38. The molecule has 9 heteroatoms. The molecular formula is C27H22Cl2N4O2S. The molecule has 182 valence electrons. The van der Waals surface area contributed by atoms with E-state index >= 15 is 0 Å². The molecule has 2 heterocycles. The summed E-state index contributed by atoms with van der Waals surface area (Å²) in [6.07, 6.45) is 0.603. The molecule has 0 spiro atoms. The molecule has 0 aliphatic carbocycles. The Morgan fingerprint density at radius 2 is 1.69 bits per heavy atom. The Kier molecular flexibility index (Phi) is 6.88. The molecule has 2 aliphatic rings. The molecule has 0 bridgehead atoms. The Morgan fingerprint density at radius 1 is 0.972 bits per heavy atom. The van der Waals surface area contributed by atoms with Crippen LogP contribution in [0.5, 0.6) is 0 Å². The summed E-state index contributed by atoms with van der Waals surface area (Å²) in [7, 11) is 0. The van der Waals surface area contributed by atoms with E-state index in [4.69, 9.17) is 33.7 Å². The summed E-state index contributed by atoms with van der Waals surface area (Å²) >= 11 is 13.2. The van der Waals surface area contributed by atoms with E-state index in [0.717, 1.165) is 39.1 Å². The van der Waals surface area contributed by atoms with E-state index < -0.39 is 5.25 Å². The molecule has 6 nitrogen and oxygen atoms in total. The molecule has 1 saturated heterocycles. The third-order valence-electron chi connectivity index (χ3n) is 6.18. The van der Waals surface area contributed by atoms with Crippen LogP contribution in [-0.4, -0.2) is 33.0 Å². The van der Waals surface area contributed by atoms with Gasteiger partial charge in [0.2, 0.25) is 11.8 Å². The number of benzene rings is 3. The maximum atomic E-state index is 13.2. The van der Waals surface area contributed by atoms with Gasteiger partial charge in [-0.05, 0) is 48.4 Å². The maximum Gasteiger partial charge on any atom is 0.247 e. The predicted octanol–water partition coefficient (Wildman–Crippen LogP) is 6.45. The van der Waals surface area contributed by atoms with Crippen molar-refractivity contribution in [2.45, 2.75) is 31.1 Å². The van der Waals surface area contributed by atoms with Crippen LogP contribution in [0.4, 0.5) is 5.69 Å². The minimum atomic E-state index is -0.714. The van der Waals surface area contributed by atoms with Crippen LogP contribution in [0, 0.1) is 12.3 Å². The van der Waals surface area contributed by atoms with Crippen LogP contribution in [0.2, 0.25) is 10.0 Å². The molecule has 36 heavy (non-hydrogen) atoms. The lowest BCUT2D eigenvalue weighted by Crippen LogP contribution is -2.32. The normalized spacial score (nSPS) is 19.7. The van der Waals surface area contributed by atoms with E-state index in [-0.39, 0.29) is 29.4 Å². The minimum absolute atomic E-state index is 0.00633. The summed E-state index contributed by atoms with van der Waals surface area (Å²) in [5.74, 6) is -0.672. The second kappa shape index (κ2) is 10.1. The van der Waals surface area contributed by atoms with Gasteiger partial charge in [0.15, 0.2) is 5.17 Å². The van der Waals surface area contributed by atoms with Gasteiger partial charge in [-0.3, -0.25) is 15.0 Å². The third kappa shape index (κ3) is 4.91. The monoisotopic (exact) mass is 536 g/mol. The zero-order chi connectivity index (χ0) is 25.4. The van der Waals surface area contributed by atoms with Crippen molar-refractivity contribution in [2.24, 2.45) is 5.10 Å². The molecule has 3 aromatic rings. The van der Waals surface area contributed by atoms with Crippen LogP contribution in [0.25, 0.3) is 0 Å². The van der Waals surface area contributed by atoms with E-state index in [1.165, 1.54) is 0 Å². The topological polar surface area (TPSA) is 76.8 Å². The molecular weight excluding hydrogens is 515 g/mol. The molecule has 0 radical (unpaired) electrons. The molecule has 0 unspecified atom stereocenters. The summed E-state index contributed by atoms with van der Waals surface area (Å²) < 4.78 is 0. The van der Waals surface area contributed by atoms with Gasteiger partial charge < -0.3 is 0 Å².